The van der Waals surface area contributed by atoms with Crippen LogP contribution in [0.5, 0.6) is 11.5 Å². The third-order valence-corrected chi connectivity index (χ3v) is 3.98. The van der Waals surface area contributed by atoms with E-state index >= 15 is 0 Å². The Bertz CT molecular complexity index is 508. The maximum Gasteiger partial charge on any atom is 0.161 e. The molecule has 0 atom stereocenters. The molecule has 0 amide bonds. The van der Waals surface area contributed by atoms with Gasteiger partial charge in [0.1, 0.15) is 13.2 Å². The van der Waals surface area contributed by atoms with Crippen molar-refractivity contribution >= 4 is 22.6 Å². The molecule has 2 rings (SSSR count). The van der Waals surface area contributed by atoms with Gasteiger partial charge in [0.05, 0.1) is 52.9 Å². The van der Waals surface area contributed by atoms with E-state index in [-0.39, 0.29) is 0 Å². The summed E-state index contributed by atoms with van der Waals surface area (Å²) < 4.78 is 34.6. The van der Waals surface area contributed by atoms with Gasteiger partial charge in [0.25, 0.3) is 0 Å². The van der Waals surface area contributed by atoms with Gasteiger partial charge in [-0.15, -0.1) is 0 Å². The predicted molar refractivity (Wildman–Crippen MR) is 103 cm³/mol. The highest BCUT2D eigenvalue weighted by Crippen LogP contribution is 2.26. The Hall–Kier alpha value is -0.870. The van der Waals surface area contributed by atoms with Crippen molar-refractivity contribution in [3.8, 4) is 11.5 Å². The molecule has 0 radical (unpaired) electrons. The number of halogens is 1. The van der Waals surface area contributed by atoms with Crippen molar-refractivity contribution in [1.29, 1.82) is 0 Å². The zero-order chi connectivity index (χ0) is 17.6. The minimum absolute atomic E-state index is 0.464. The van der Waals surface area contributed by atoms with Crippen molar-refractivity contribution in [1.82, 2.24) is 0 Å². The van der Waals surface area contributed by atoms with Crippen molar-refractivity contribution in [2.75, 3.05) is 66.1 Å². The van der Waals surface area contributed by atoms with Crippen LogP contribution in [0, 0.1) is 0 Å². The number of hydrogen-bond donors (Lipinski definition) is 0. The lowest BCUT2D eigenvalue weighted by molar-refractivity contribution is 0.0386. The molecule has 7 heteroatoms. The normalized spacial score (nSPS) is 21.7. The van der Waals surface area contributed by atoms with Gasteiger partial charge in [-0.25, -0.2) is 0 Å². The van der Waals surface area contributed by atoms with E-state index in [2.05, 4.69) is 22.6 Å². The minimum atomic E-state index is 0.464. The number of ether oxygens (including phenoxy) is 6. The molecule has 0 saturated carbocycles. The van der Waals surface area contributed by atoms with Crippen molar-refractivity contribution in [2.45, 2.75) is 0 Å². The fraction of sp³-hybridized carbons (Fsp3) is 0.556. The topological polar surface area (TPSA) is 55.4 Å². The smallest absolute Gasteiger partial charge is 0.161 e. The van der Waals surface area contributed by atoms with Crippen LogP contribution in [0.25, 0.3) is 0 Å². The van der Waals surface area contributed by atoms with E-state index in [1.807, 2.05) is 30.3 Å². The molecule has 0 N–H and O–H groups in total. The average molecular weight is 464 g/mol. The first kappa shape index (κ1) is 20.4. The van der Waals surface area contributed by atoms with Gasteiger partial charge in [0, 0.05) is 3.58 Å². The third-order valence-electron chi connectivity index (χ3n) is 3.23. The van der Waals surface area contributed by atoms with E-state index in [9.17, 15) is 0 Å². The number of fused-ring (bicyclic) bond motifs is 1. The summed E-state index contributed by atoms with van der Waals surface area (Å²) in [7, 11) is 0. The molecule has 0 fully saturated rings. The number of hydrogen-bond acceptors (Lipinski definition) is 6. The zero-order valence-corrected chi connectivity index (χ0v) is 16.4. The third kappa shape index (κ3) is 9.41. The fourth-order valence-electron chi connectivity index (χ4n) is 2.01. The second-order valence-electron chi connectivity index (χ2n) is 5.15. The lowest BCUT2D eigenvalue weighted by atomic mass is 10.3. The minimum Gasteiger partial charge on any atom is -0.487 e. The molecule has 0 aromatic heterocycles. The van der Waals surface area contributed by atoms with E-state index in [1.54, 1.807) is 0 Å². The highest BCUT2D eigenvalue weighted by atomic mass is 127. The lowest BCUT2D eigenvalue weighted by Crippen LogP contribution is -2.13. The molecule has 0 aliphatic carbocycles. The van der Waals surface area contributed by atoms with E-state index in [0.717, 1.165) is 3.58 Å². The number of rotatable bonds is 0. The van der Waals surface area contributed by atoms with Crippen LogP contribution >= 0.6 is 22.6 Å². The van der Waals surface area contributed by atoms with E-state index in [0.29, 0.717) is 77.6 Å². The van der Waals surface area contributed by atoms with Gasteiger partial charge in [-0.3, -0.25) is 0 Å². The summed E-state index contributed by atoms with van der Waals surface area (Å²) in [5.41, 5.74) is 0. The molecule has 1 aromatic rings. The maximum absolute atomic E-state index is 5.72. The van der Waals surface area contributed by atoms with Gasteiger partial charge in [-0.2, -0.15) is 0 Å². The van der Waals surface area contributed by atoms with Crippen LogP contribution in [-0.2, 0) is 18.9 Å². The molecule has 1 aromatic carbocycles. The molecule has 0 saturated heterocycles. The molecule has 6 nitrogen and oxygen atoms in total. The van der Waals surface area contributed by atoms with Crippen LogP contribution in [0.15, 0.2) is 33.9 Å². The molecule has 1 heterocycles. The molecule has 1 aliphatic rings. The Morgan fingerprint density at radius 2 is 1.16 bits per heavy atom. The first-order valence-corrected chi connectivity index (χ1v) is 9.44. The summed E-state index contributed by atoms with van der Waals surface area (Å²) in [5.74, 6) is 1.42. The fourth-order valence-corrected chi connectivity index (χ4v) is 2.41. The van der Waals surface area contributed by atoms with Gasteiger partial charge < -0.3 is 28.4 Å². The van der Waals surface area contributed by atoms with Crippen molar-refractivity contribution in [3.05, 3.63) is 33.9 Å². The van der Waals surface area contributed by atoms with Crippen LogP contribution in [0.1, 0.15) is 0 Å². The van der Waals surface area contributed by atoms with E-state index < -0.39 is 0 Å². The van der Waals surface area contributed by atoms with Gasteiger partial charge >= 0.3 is 0 Å². The van der Waals surface area contributed by atoms with Crippen LogP contribution in [0.2, 0.25) is 0 Å². The van der Waals surface area contributed by atoms with E-state index in [4.69, 9.17) is 28.4 Å². The monoisotopic (exact) mass is 464 g/mol. The Kier molecular flexibility index (Phi) is 10.9. The first-order valence-electron chi connectivity index (χ1n) is 8.36. The maximum atomic E-state index is 5.72. The highest BCUT2D eigenvalue weighted by Gasteiger charge is 2.04. The van der Waals surface area contributed by atoms with Crippen LogP contribution < -0.4 is 9.47 Å². The Balaban J connectivity index is 1.80. The predicted octanol–water partition coefficient (Wildman–Crippen LogP) is 2.84. The summed E-state index contributed by atoms with van der Waals surface area (Å²) in [6.45, 7) is 5.25. The molecule has 0 unspecified atom stereocenters. The van der Waals surface area contributed by atoms with Gasteiger partial charge in [-0.05, 0) is 40.8 Å². The summed E-state index contributed by atoms with van der Waals surface area (Å²) in [6.07, 6.45) is 2.01. The Morgan fingerprint density at radius 3 is 1.80 bits per heavy atom. The Morgan fingerprint density at radius 1 is 0.640 bits per heavy atom. The molecular weight excluding hydrogens is 439 g/mol. The lowest BCUT2D eigenvalue weighted by Gasteiger charge is -2.13. The second kappa shape index (κ2) is 13.3. The second-order valence-corrected chi connectivity index (χ2v) is 6.53. The van der Waals surface area contributed by atoms with E-state index in [1.165, 1.54) is 0 Å². The molecular formula is C18H25IO6. The quantitative estimate of drug-likeness (QED) is 0.551. The van der Waals surface area contributed by atoms with Gasteiger partial charge in [-0.1, -0.05) is 12.1 Å². The van der Waals surface area contributed by atoms with Crippen LogP contribution in [-0.4, -0.2) is 66.1 Å². The molecule has 140 valence electrons. The molecule has 25 heavy (non-hydrogen) atoms. The van der Waals surface area contributed by atoms with Crippen LogP contribution in [0.3, 0.4) is 0 Å². The summed E-state index contributed by atoms with van der Waals surface area (Å²) in [6, 6.07) is 7.59. The number of benzene rings is 1. The summed E-state index contributed by atoms with van der Waals surface area (Å²) in [5, 5.41) is 0. The van der Waals surface area contributed by atoms with Crippen LogP contribution in [0.4, 0.5) is 0 Å². The summed E-state index contributed by atoms with van der Waals surface area (Å²) in [4.78, 5) is 0. The first-order chi connectivity index (χ1) is 12.4. The van der Waals surface area contributed by atoms with Gasteiger partial charge in [0.2, 0.25) is 0 Å². The van der Waals surface area contributed by atoms with Crippen molar-refractivity contribution in [2.24, 2.45) is 0 Å². The van der Waals surface area contributed by atoms with Crippen molar-refractivity contribution < 1.29 is 28.4 Å². The summed E-state index contributed by atoms with van der Waals surface area (Å²) >= 11 is 2.25. The molecule has 0 bridgehead atoms. The standard InChI is InChI=1S/C18H25IO6/c19-16-5-6-20-7-8-21-11-13-24-17-3-1-2-4-18(17)25-14-12-22-9-10-23-15-16/h1-5H,6-15H2/b16-5+. The average Bonchev–Trinajstić information content (AvgIpc) is 2.62. The SMILES string of the molecule is I/C1=C/COCCOCCOc2ccccc2OCCOCCOC1. The van der Waals surface area contributed by atoms with Gasteiger partial charge in [0.15, 0.2) is 11.5 Å². The van der Waals surface area contributed by atoms with Crippen molar-refractivity contribution in [3.63, 3.8) is 0 Å². The highest BCUT2D eigenvalue weighted by molar-refractivity contribution is 14.1. The zero-order valence-electron chi connectivity index (χ0n) is 14.3. The number of para-hydroxylation sites is 2. The largest absolute Gasteiger partial charge is 0.487 e. The molecule has 0 spiro atoms. The Labute approximate surface area is 162 Å². The molecule has 1 aliphatic heterocycles.